The zero-order valence-corrected chi connectivity index (χ0v) is 19.2. The predicted molar refractivity (Wildman–Crippen MR) is 130 cm³/mol. The van der Waals surface area contributed by atoms with Crippen molar-refractivity contribution < 1.29 is 9.53 Å². The van der Waals surface area contributed by atoms with E-state index in [0.29, 0.717) is 43.2 Å². The second-order valence-corrected chi connectivity index (χ2v) is 8.53. The maximum atomic E-state index is 13.2. The van der Waals surface area contributed by atoms with E-state index < -0.39 is 0 Å². The molecular formula is C23H17Cl2N3O3S. The van der Waals surface area contributed by atoms with Crippen LogP contribution in [-0.2, 0) is 4.79 Å². The van der Waals surface area contributed by atoms with Crippen LogP contribution < -0.4 is 15.6 Å². The van der Waals surface area contributed by atoms with Crippen molar-refractivity contribution >= 4 is 57.5 Å². The van der Waals surface area contributed by atoms with E-state index in [0.717, 1.165) is 11.8 Å². The van der Waals surface area contributed by atoms with Gasteiger partial charge >= 0.3 is 0 Å². The van der Waals surface area contributed by atoms with Crippen molar-refractivity contribution in [2.75, 3.05) is 18.2 Å². The number of amides is 1. The lowest BCUT2D eigenvalue weighted by Crippen LogP contribution is -2.23. The van der Waals surface area contributed by atoms with Gasteiger partial charge in [-0.15, -0.1) is 0 Å². The van der Waals surface area contributed by atoms with Crippen molar-refractivity contribution in [3.8, 4) is 11.4 Å². The van der Waals surface area contributed by atoms with E-state index in [1.54, 1.807) is 60.7 Å². The number of hydrogen-bond donors (Lipinski definition) is 1. The number of fused-ring (bicyclic) bond motifs is 1. The van der Waals surface area contributed by atoms with E-state index in [4.69, 9.17) is 27.9 Å². The molecule has 0 aliphatic rings. The topological polar surface area (TPSA) is 73.2 Å². The molecule has 0 spiro atoms. The van der Waals surface area contributed by atoms with Gasteiger partial charge in [-0.2, -0.15) is 0 Å². The highest BCUT2D eigenvalue weighted by atomic mass is 35.5. The first-order chi connectivity index (χ1) is 15.5. The van der Waals surface area contributed by atoms with Crippen LogP contribution in [0, 0.1) is 0 Å². The molecule has 0 radical (unpaired) electrons. The Balaban J connectivity index is 1.66. The lowest BCUT2D eigenvalue weighted by molar-refractivity contribution is -0.113. The Morgan fingerprint density at radius 1 is 1.06 bits per heavy atom. The first kappa shape index (κ1) is 22.2. The fourth-order valence-corrected chi connectivity index (χ4v) is 4.23. The second-order valence-electron chi connectivity index (χ2n) is 6.71. The summed E-state index contributed by atoms with van der Waals surface area (Å²) in [6.45, 7) is 0. The van der Waals surface area contributed by atoms with Gasteiger partial charge in [0, 0.05) is 10.0 Å². The third kappa shape index (κ3) is 4.75. The lowest BCUT2D eigenvalue weighted by Gasteiger charge is -2.14. The molecule has 0 saturated carbocycles. The Kier molecular flexibility index (Phi) is 6.69. The fraction of sp³-hybridized carbons (Fsp3) is 0.0870. The summed E-state index contributed by atoms with van der Waals surface area (Å²) in [5, 5.41) is 4.70. The summed E-state index contributed by atoms with van der Waals surface area (Å²) >= 11 is 13.2. The third-order valence-corrected chi connectivity index (χ3v) is 6.02. The van der Waals surface area contributed by atoms with E-state index in [1.807, 2.05) is 6.07 Å². The number of nitrogens with one attached hydrogen (secondary N) is 1. The molecule has 1 amide bonds. The molecule has 6 nitrogen and oxygen atoms in total. The Morgan fingerprint density at radius 3 is 2.53 bits per heavy atom. The number of aromatic nitrogens is 2. The Morgan fingerprint density at radius 2 is 1.78 bits per heavy atom. The monoisotopic (exact) mass is 485 g/mol. The van der Waals surface area contributed by atoms with Crippen LogP contribution in [0.5, 0.6) is 5.75 Å². The van der Waals surface area contributed by atoms with Gasteiger partial charge in [0.05, 0.1) is 35.1 Å². The highest BCUT2D eigenvalue weighted by molar-refractivity contribution is 7.99. The number of benzene rings is 3. The Labute approximate surface area is 198 Å². The minimum Gasteiger partial charge on any atom is -0.495 e. The average molecular weight is 486 g/mol. The highest BCUT2D eigenvalue weighted by Gasteiger charge is 2.16. The molecule has 1 N–H and O–H groups in total. The first-order valence-corrected chi connectivity index (χ1v) is 11.2. The number of nitrogens with zero attached hydrogens (tertiary/aromatic N) is 2. The minimum atomic E-state index is -0.291. The number of rotatable bonds is 6. The molecule has 1 aromatic heterocycles. The predicted octanol–water partition coefficient (Wildman–Crippen LogP) is 5.43. The Hall–Kier alpha value is -3.00. The number of halogens is 2. The van der Waals surface area contributed by atoms with E-state index in [9.17, 15) is 9.59 Å². The van der Waals surface area contributed by atoms with Gasteiger partial charge in [-0.25, -0.2) is 4.98 Å². The number of carbonyl (C=O) groups excluding carboxylic acids is 1. The van der Waals surface area contributed by atoms with Gasteiger partial charge in [0.2, 0.25) is 5.91 Å². The van der Waals surface area contributed by atoms with Crippen molar-refractivity contribution in [2.24, 2.45) is 0 Å². The van der Waals surface area contributed by atoms with Gasteiger partial charge < -0.3 is 10.1 Å². The number of anilines is 1. The molecule has 0 atom stereocenters. The molecule has 32 heavy (non-hydrogen) atoms. The van der Waals surface area contributed by atoms with Gasteiger partial charge in [0.1, 0.15) is 5.75 Å². The standard InChI is InChI=1S/C23H17Cl2N3O3S/c1-31-20-11-8-15(25)12-19(20)26-21(29)13-32-23-27-18-5-3-2-4-17(18)22(30)28(23)16-9-6-14(24)7-10-16/h2-12H,13H2,1H3,(H,26,29). The van der Waals surface area contributed by atoms with Crippen LogP contribution in [0.4, 0.5) is 5.69 Å². The van der Waals surface area contributed by atoms with Crippen LogP contribution in [0.25, 0.3) is 16.6 Å². The molecule has 0 aliphatic carbocycles. The summed E-state index contributed by atoms with van der Waals surface area (Å²) < 4.78 is 6.75. The minimum absolute atomic E-state index is 0.0219. The molecule has 0 fully saturated rings. The lowest BCUT2D eigenvalue weighted by atomic mass is 10.2. The number of methoxy groups -OCH3 is 1. The number of carbonyl (C=O) groups is 1. The zero-order valence-electron chi connectivity index (χ0n) is 16.8. The zero-order chi connectivity index (χ0) is 22.7. The smallest absolute Gasteiger partial charge is 0.266 e. The maximum absolute atomic E-state index is 13.2. The fourth-order valence-electron chi connectivity index (χ4n) is 3.12. The number of hydrogen-bond acceptors (Lipinski definition) is 5. The molecule has 1 heterocycles. The van der Waals surface area contributed by atoms with Crippen molar-refractivity contribution in [3.63, 3.8) is 0 Å². The maximum Gasteiger partial charge on any atom is 0.266 e. The van der Waals surface area contributed by atoms with Crippen LogP contribution in [0.1, 0.15) is 0 Å². The summed E-state index contributed by atoms with van der Waals surface area (Å²) in [4.78, 5) is 30.5. The van der Waals surface area contributed by atoms with Gasteiger partial charge in [0.25, 0.3) is 5.56 Å². The largest absolute Gasteiger partial charge is 0.495 e. The van der Waals surface area contributed by atoms with Gasteiger partial charge in [-0.05, 0) is 54.6 Å². The number of ether oxygens (including phenoxy) is 1. The molecule has 0 unspecified atom stereocenters. The normalized spacial score (nSPS) is 10.8. The van der Waals surface area contributed by atoms with Crippen LogP contribution in [0.3, 0.4) is 0 Å². The van der Waals surface area contributed by atoms with Gasteiger partial charge in [0.15, 0.2) is 5.16 Å². The summed E-state index contributed by atoms with van der Waals surface area (Å²) in [6, 6.07) is 18.9. The van der Waals surface area contributed by atoms with E-state index >= 15 is 0 Å². The highest BCUT2D eigenvalue weighted by Crippen LogP contribution is 2.28. The summed E-state index contributed by atoms with van der Waals surface area (Å²) in [6.07, 6.45) is 0. The van der Waals surface area contributed by atoms with E-state index in [1.165, 1.54) is 11.7 Å². The molecule has 0 aliphatic heterocycles. The third-order valence-electron chi connectivity index (χ3n) is 4.60. The Bertz CT molecular complexity index is 1360. The van der Waals surface area contributed by atoms with E-state index in [-0.39, 0.29) is 17.2 Å². The van der Waals surface area contributed by atoms with Gasteiger partial charge in [-0.3, -0.25) is 14.2 Å². The molecule has 0 bridgehead atoms. The quantitative estimate of drug-likeness (QED) is 0.291. The van der Waals surface area contributed by atoms with Crippen LogP contribution in [-0.4, -0.2) is 28.3 Å². The summed E-state index contributed by atoms with van der Waals surface area (Å²) in [7, 11) is 1.51. The molecule has 4 rings (SSSR count). The number of para-hydroxylation sites is 1. The molecule has 3 aromatic carbocycles. The van der Waals surface area contributed by atoms with Crippen molar-refractivity contribution in [2.45, 2.75) is 5.16 Å². The molecule has 4 aromatic rings. The second kappa shape index (κ2) is 9.65. The van der Waals surface area contributed by atoms with Crippen LogP contribution in [0.15, 0.2) is 76.7 Å². The van der Waals surface area contributed by atoms with E-state index in [2.05, 4.69) is 10.3 Å². The van der Waals surface area contributed by atoms with Crippen LogP contribution in [0.2, 0.25) is 10.0 Å². The van der Waals surface area contributed by atoms with Crippen molar-refractivity contribution in [3.05, 3.63) is 87.1 Å². The summed E-state index contributed by atoms with van der Waals surface area (Å²) in [5.41, 5.74) is 1.41. The average Bonchev–Trinajstić information content (AvgIpc) is 2.79. The molecular weight excluding hydrogens is 469 g/mol. The molecule has 9 heteroatoms. The van der Waals surface area contributed by atoms with Crippen LogP contribution >= 0.6 is 35.0 Å². The molecule has 162 valence electrons. The molecule has 0 saturated heterocycles. The van der Waals surface area contributed by atoms with Gasteiger partial charge in [-0.1, -0.05) is 47.1 Å². The van der Waals surface area contributed by atoms with Crippen molar-refractivity contribution in [1.82, 2.24) is 9.55 Å². The first-order valence-electron chi connectivity index (χ1n) is 9.50. The van der Waals surface area contributed by atoms with Crippen molar-refractivity contribution in [1.29, 1.82) is 0 Å². The summed E-state index contributed by atoms with van der Waals surface area (Å²) in [5.74, 6) is 0.226. The number of thioether (sulfide) groups is 1. The SMILES string of the molecule is COc1ccc(Cl)cc1NC(=O)CSc1nc2ccccc2c(=O)n1-c1ccc(Cl)cc1.